The van der Waals surface area contributed by atoms with Crippen molar-refractivity contribution >= 4 is 6.09 Å². The van der Waals surface area contributed by atoms with Crippen molar-refractivity contribution in [2.45, 2.75) is 38.6 Å². The summed E-state index contributed by atoms with van der Waals surface area (Å²) in [6, 6.07) is 18.1. The van der Waals surface area contributed by atoms with E-state index in [2.05, 4.69) is 29.5 Å². The summed E-state index contributed by atoms with van der Waals surface area (Å²) in [6.45, 7) is 2.10. The van der Waals surface area contributed by atoms with Crippen LogP contribution in [0.3, 0.4) is 0 Å². The first-order valence-electron chi connectivity index (χ1n) is 9.44. The molecule has 0 bridgehead atoms. The molecule has 0 spiro atoms. The fourth-order valence-electron chi connectivity index (χ4n) is 3.68. The number of aryl methyl sites for hydroxylation is 1. The number of rotatable bonds is 5. The fraction of sp³-hybridized carbons (Fsp3) is 0.273. The van der Waals surface area contributed by atoms with Gasteiger partial charge in [0, 0.05) is 0 Å². The molecule has 1 amide bonds. The van der Waals surface area contributed by atoms with Gasteiger partial charge in [0.1, 0.15) is 0 Å². The number of hydrogen-bond donors (Lipinski definition) is 1. The molecule has 5 nitrogen and oxygen atoms in total. The van der Waals surface area contributed by atoms with Gasteiger partial charge in [-0.15, -0.1) is 0 Å². The minimum Gasteiger partial charge on any atom is -0.407 e. The number of amides is 1. The quantitative estimate of drug-likeness (QED) is 0.722. The van der Waals surface area contributed by atoms with Crippen LogP contribution >= 0.6 is 0 Å². The van der Waals surface area contributed by atoms with E-state index >= 15 is 0 Å². The average Bonchev–Trinajstić information content (AvgIpc) is 3.28. The van der Waals surface area contributed by atoms with Gasteiger partial charge >= 0.3 is 6.09 Å². The van der Waals surface area contributed by atoms with Gasteiger partial charge < -0.3 is 10.1 Å². The van der Waals surface area contributed by atoms with E-state index in [0.29, 0.717) is 5.75 Å². The SMILES string of the molecule is CCCc1c(OC(=O)NC2CCc3ccccc32)cnn1-c1ccccc1. The first-order chi connectivity index (χ1) is 13.3. The number of aromatic nitrogens is 2. The maximum absolute atomic E-state index is 12.5. The number of carbonyl (C=O) groups is 1. The van der Waals surface area contributed by atoms with Gasteiger partial charge in [-0.05, 0) is 42.5 Å². The fourth-order valence-corrected chi connectivity index (χ4v) is 3.68. The molecule has 0 saturated heterocycles. The van der Waals surface area contributed by atoms with E-state index in [1.807, 2.05) is 47.1 Å². The summed E-state index contributed by atoms with van der Waals surface area (Å²) in [5.41, 5.74) is 4.35. The Hall–Kier alpha value is -3.08. The van der Waals surface area contributed by atoms with E-state index < -0.39 is 6.09 Å². The van der Waals surface area contributed by atoms with Crippen LogP contribution in [-0.4, -0.2) is 15.9 Å². The van der Waals surface area contributed by atoms with Crippen molar-refractivity contribution < 1.29 is 9.53 Å². The lowest BCUT2D eigenvalue weighted by atomic mass is 10.1. The van der Waals surface area contributed by atoms with E-state index in [1.54, 1.807) is 6.20 Å². The summed E-state index contributed by atoms with van der Waals surface area (Å²) in [5, 5.41) is 7.44. The topological polar surface area (TPSA) is 56.1 Å². The second kappa shape index (κ2) is 7.66. The average molecular weight is 361 g/mol. The molecule has 0 saturated carbocycles. The molecule has 3 aromatic rings. The molecular weight excluding hydrogens is 338 g/mol. The van der Waals surface area contributed by atoms with Crippen LogP contribution in [0.15, 0.2) is 60.8 Å². The second-order valence-corrected chi connectivity index (χ2v) is 6.78. The molecule has 0 fully saturated rings. The summed E-state index contributed by atoms with van der Waals surface area (Å²) in [7, 11) is 0. The van der Waals surface area contributed by atoms with Gasteiger partial charge in [0.15, 0.2) is 5.75 Å². The molecule has 138 valence electrons. The van der Waals surface area contributed by atoms with E-state index in [-0.39, 0.29) is 6.04 Å². The Morgan fingerprint density at radius 2 is 1.96 bits per heavy atom. The molecule has 1 atom stereocenters. The molecule has 1 heterocycles. The summed E-state index contributed by atoms with van der Waals surface area (Å²) < 4.78 is 7.49. The molecule has 4 rings (SSSR count). The normalized spacial score (nSPS) is 15.4. The highest BCUT2D eigenvalue weighted by molar-refractivity contribution is 5.71. The summed E-state index contributed by atoms with van der Waals surface area (Å²) in [6.07, 6.45) is 4.80. The Bertz CT molecular complexity index is 934. The zero-order valence-corrected chi connectivity index (χ0v) is 15.4. The standard InChI is InChI=1S/C22H23N3O2/c1-2-8-20-21(15-23-25(20)17-10-4-3-5-11-17)27-22(26)24-19-14-13-16-9-6-7-12-18(16)19/h3-7,9-12,15,19H,2,8,13-14H2,1H3,(H,24,26). The van der Waals surface area contributed by atoms with Crippen molar-refractivity contribution in [3.05, 3.63) is 77.6 Å². The first-order valence-corrected chi connectivity index (χ1v) is 9.44. The first kappa shape index (κ1) is 17.3. The van der Waals surface area contributed by atoms with Crippen molar-refractivity contribution in [3.8, 4) is 11.4 Å². The molecule has 1 aliphatic rings. The highest BCUT2D eigenvalue weighted by Gasteiger charge is 2.25. The Labute approximate surface area is 159 Å². The number of fused-ring (bicyclic) bond motifs is 1. The second-order valence-electron chi connectivity index (χ2n) is 6.78. The monoisotopic (exact) mass is 361 g/mol. The van der Waals surface area contributed by atoms with E-state index in [1.165, 1.54) is 11.1 Å². The molecule has 1 aromatic heterocycles. The van der Waals surface area contributed by atoms with Gasteiger partial charge in [0.2, 0.25) is 0 Å². The zero-order valence-electron chi connectivity index (χ0n) is 15.4. The zero-order chi connectivity index (χ0) is 18.6. The Kier molecular flexibility index (Phi) is 4.92. The molecule has 0 radical (unpaired) electrons. The Balaban J connectivity index is 1.51. The van der Waals surface area contributed by atoms with Gasteiger partial charge in [-0.3, -0.25) is 0 Å². The summed E-state index contributed by atoms with van der Waals surface area (Å²) in [4.78, 5) is 12.5. The molecular formula is C22H23N3O2. The third-order valence-electron chi connectivity index (χ3n) is 4.95. The van der Waals surface area contributed by atoms with E-state index in [4.69, 9.17) is 4.74 Å². The van der Waals surface area contributed by atoms with Crippen molar-refractivity contribution in [3.63, 3.8) is 0 Å². The molecule has 1 aliphatic carbocycles. The van der Waals surface area contributed by atoms with E-state index in [9.17, 15) is 4.79 Å². The molecule has 1 N–H and O–H groups in total. The van der Waals surface area contributed by atoms with Crippen LogP contribution in [0.25, 0.3) is 5.69 Å². The van der Waals surface area contributed by atoms with Gasteiger partial charge in [0.25, 0.3) is 0 Å². The minimum absolute atomic E-state index is 0.00694. The van der Waals surface area contributed by atoms with Gasteiger partial charge in [0.05, 0.1) is 23.6 Å². The number of hydrogen-bond acceptors (Lipinski definition) is 3. The molecule has 2 aromatic carbocycles. The summed E-state index contributed by atoms with van der Waals surface area (Å²) in [5.74, 6) is 0.518. The third-order valence-corrected chi connectivity index (χ3v) is 4.95. The lowest BCUT2D eigenvalue weighted by Gasteiger charge is -2.14. The van der Waals surface area contributed by atoms with Gasteiger partial charge in [-0.1, -0.05) is 55.8 Å². The molecule has 0 aliphatic heterocycles. The smallest absolute Gasteiger partial charge is 0.407 e. The maximum Gasteiger partial charge on any atom is 0.413 e. The van der Waals surface area contributed by atoms with Crippen LogP contribution in [0.2, 0.25) is 0 Å². The highest BCUT2D eigenvalue weighted by atomic mass is 16.6. The lowest BCUT2D eigenvalue weighted by Crippen LogP contribution is -2.30. The molecule has 1 unspecified atom stereocenters. The van der Waals surface area contributed by atoms with Crippen LogP contribution in [0, 0.1) is 0 Å². The molecule has 27 heavy (non-hydrogen) atoms. The highest BCUT2D eigenvalue weighted by Crippen LogP contribution is 2.31. The predicted molar refractivity (Wildman–Crippen MR) is 104 cm³/mol. The number of benzene rings is 2. The van der Waals surface area contributed by atoms with Crippen molar-refractivity contribution in [1.29, 1.82) is 0 Å². The maximum atomic E-state index is 12.5. The van der Waals surface area contributed by atoms with Crippen molar-refractivity contribution in [2.24, 2.45) is 0 Å². The van der Waals surface area contributed by atoms with Crippen LogP contribution in [0.4, 0.5) is 4.79 Å². The number of para-hydroxylation sites is 1. The lowest BCUT2D eigenvalue weighted by molar-refractivity contribution is 0.195. The summed E-state index contributed by atoms with van der Waals surface area (Å²) >= 11 is 0. The number of carbonyl (C=O) groups excluding carboxylic acids is 1. The van der Waals surface area contributed by atoms with Crippen LogP contribution < -0.4 is 10.1 Å². The van der Waals surface area contributed by atoms with Gasteiger partial charge in [-0.25, -0.2) is 9.48 Å². The Morgan fingerprint density at radius 1 is 1.19 bits per heavy atom. The third kappa shape index (κ3) is 3.58. The number of nitrogens with zero attached hydrogens (tertiary/aromatic N) is 2. The number of nitrogens with one attached hydrogen (secondary N) is 1. The van der Waals surface area contributed by atoms with Crippen molar-refractivity contribution in [1.82, 2.24) is 15.1 Å². The Morgan fingerprint density at radius 3 is 2.78 bits per heavy atom. The van der Waals surface area contributed by atoms with Crippen LogP contribution in [0.1, 0.15) is 42.6 Å². The van der Waals surface area contributed by atoms with Gasteiger partial charge in [-0.2, -0.15) is 5.10 Å². The van der Waals surface area contributed by atoms with Crippen molar-refractivity contribution in [2.75, 3.05) is 0 Å². The largest absolute Gasteiger partial charge is 0.413 e. The minimum atomic E-state index is -0.429. The molecule has 5 heteroatoms. The number of ether oxygens (including phenoxy) is 1. The van der Waals surface area contributed by atoms with Crippen LogP contribution in [0.5, 0.6) is 5.75 Å². The van der Waals surface area contributed by atoms with Crippen LogP contribution in [-0.2, 0) is 12.8 Å². The predicted octanol–water partition coefficient (Wildman–Crippen LogP) is 4.60. The van der Waals surface area contributed by atoms with E-state index in [0.717, 1.165) is 37.1 Å².